The minimum Gasteiger partial charge on any atom is -0.258 e. The molecule has 7 nitrogen and oxygen atoms in total. The van der Waals surface area contributed by atoms with E-state index in [2.05, 4.69) is 15.3 Å². The van der Waals surface area contributed by atoms with Crippen LogP contribution in [0.15, 0.2) is 12.1 Å². The van der Waals surface area contributed by atoms with Crippen molar-refractivity contribution in [1.82, 2.24) is 20.0 Å². The summed E-state index contributed by atoms with van der Waals surface area (Å²) in [4.78, 5) is 10.5. The van der Waals surface area contributed by atoms with E-state index in [-0.39, 0.29) is 10.8 Å². The quantitative estimate of drug-likeness (QED) is 0.635. The number of hydrogen-bond acceptors (Lipinski definition) is 5. The molecule has 0 aliphatic rings. The summed E-state index contributed by atoms with van der Waals surface area (Å²) < 4.78 is 1.25. The number of nitro groups is 1. The summed E-state index contributed by atoms with van der Waals surface area (Å²) >= 11 is 6.03. The molecule has 0 aliphatic heterocycles. The average Bonchev–Trinajstić information content (AvgIpc) is 2.68. The molecule has 8 heteroatoms. The van der Waals surface area contributed by atoms with Crippen molar-refractivity contribution in [2.75, 3.05) is 0 Å². The van der Waals surface area contributed by atoms with Gasteiger partial charge in [0.05, 0.1) is 10.6 Å². The third-order valence-electron chi connectivity index (χ3n) is 2.55. The van der Waals surface area contributed by atoms with E-state index in [0.29, 0.717) is 17.9 Å². The first-order valence-corrected chi connectivity index (χ1v) is 6.15. The molecule has 0 fully saturated rings. The van der Waals surface area contributed by atoms with Gasteiger partial charge in [0.2, 0.25) is 5.15 Å². The Hall–Kier alpha value is -2.02. The molecular formula is C11H12ClN5O2. The number of rotatable bonds is 4. The van der Waals surface area contributed by atoms with E-state index < -0.39 is 4.92 Å². The molecule has 0 saturated carbocycles. The summed E-state index contributed by atoms with van der Waals surface area (Å²) in [6.45, 7) is 3.72. The minimum absolute atomic E-state index is 0.0494. The predicted octanol–water partition coefficient (Wildman–Crippen LogP) is 2.48. The maximum Gasteiger partial charge on any atom is 0.329 e. The summed E-state index contributed by atoms with van der Waals surface area (Å²) in [5.74, 6) is 0.362. The largest absolute Gasteiger partial charge is 0.329 e. The minimum atomic E-state index is -0.515. The van der Waals surface area contributed by atoms with E-state index in [4.69, 9.17) is 11.6 Å². The van der Waals surface area contributed by atoms with Gasteiger partial charge in [0.25, 0.3) is 0 Å². The van der Waals surface area contributed by atoms with Crippen LogP contribution in [0, 0.1) is 17.0 Å². The van der Waals surface area contributed by atoms with Crippen molar-refractivity contribution in [2.45, 2.75) is 26.7 Å². The lowest BCUT2D eigenvalue weighted by atomic mass is 10.2. The van der Waals surface area contributed by atoms with Crippen molar-refractivity contribution in [1.29, 1.82) is 0 Å². The van der Waals surface area contributed by atoms with Crippen molar-refractivity contribution in [3.05, 3.63) is 38.8 Å². The summed E-state index contributed by atoms with van der Waals surface area (Å²) in [6.07, 6.45) is 1.23. The fourth-order valence-corrected chi connectivity index (χ4v) is 1.98. The maximum atomic E-state index is 11.0. The van der Waals surface area contributed by atoms with Gasteiger partial charge in [-0.2, -0.15) is 14.9 Å². The highest BCUT2D eigenvalue weighted by Crippen LogP contribution is 2.30. The van der Waals surface area contributed by atoms with Crippen LogP contribution in [0.3, 0.4) is 0 Å². The molecule has 2 heterocycles. The summed E-state index contributed by atoms with van der Waals surface area (Å²) in [6, 6.07) is 3.41. The Morgan fingerprint density at radius 3 is 2.68 bits per heavy atom. The van der Waals surface area contributed by atoms with Crippen LogP contribution in [0.4, 0.5) is 5.69 Å². The topological polar surface area (TPSA) is 86.7 Å². The molecule has 0 spiro atoms. The van der Waals surface area contributed by atoms with Crippen molar-refractivity contribution in [2.24, 2.45) is 0 Å². The highest BCUT2D eigenvalue weighted by atomic mass is 35.5. The van der Waals surface area contributed by atoms with Crippen molar-refractivity contribution < 1.29 is 4.92 Å². The lowest BCUT2D eigenvalue weighted by Crippen LogP contribution is -2.02. The Labute approximate surface area is 114 Å². The lowest BCUT2D eigenvalue weighted by Gasteiger charge is -1.99. The Morgan fingerprint density at radius 2 is 2.16 bits per heavy atom. The molecule has 2 rings (SSSR count). The van der Waals surface area contributed by atoms with Crippen LogP contribution in [0.1, 0.15) is 24.7 Å². The number of aromatic nitrogens is 4. The molecule has 0 saturated heterocycles. The number of nitrogens with zero attached hydrogens (tertiary/aromatic N) is 5. The van der Waals surface area contributed by atoms with Crippen molar-refractivity contribution >= 4 is 17.3 Å². The highest BCUT2D eigenvalue weighted by Gasteiger charge is 2.27. The normalized spacial score (nSPS) is 10.7. The molecular weight excluding hydrogens is 270 g/mol. The summed E-state index contributed by atoms with van der Waals surface area (Å²) in [5, 5.41) is 23.0. The first-order valence-electron chi connectivity index (χ1n) is 5.77. The van der Waals surface area contributed by atoms with E-state index in [9.17, 15) is 10.1 Å². The molecule has 0 aromatic carbocycles. The van der Waals surface area contributed by atoms with E-state index in [1.54, 1.807) is 19.1 Å². The fourth-order valence-electron chi connectivity index (χ4n) is 1.67. The maximum absolute atomic E-state index is 11.0. The molecule has 0 unspecified atom stereocenters. The van der Waals surface area contributed by atoms with Crippen molar-refractivity contribution in [3.63, 3.8) is 0 Å². The Bertz CT molecular complexity index is 608. The molecule has 0 aliphatic carbocycles. The number of halogens is 1. The van der Waals surface area contributed by atoms with Gasteiger partial charge in [-0.3, -0.25) is 10.1 Å². The second-order valence-corrected chi connectivity index (χ2v) is 4.40. The van der Waals surface area contributed by atoms with Crippen molar-refractivity contribution in [3.8, 4) is 5.82 Å². The van der Waals surface area contributed by atoms with Gasteiger partial charge in [-0.15, -0.1) is 5.10 Å². The zero-order valence-electron chi connectivity index (χ0n) is 10.5. The molecule has 0 bridgehead atoms. The Morgan fingerprint density at radius 1 is 1.42 bits per heavy atom. The smallest absolute Gasteiger partial charge is 0.258 e. The monoisotopic (exact) mass is 281 g/mol. The van der Waals surface area contributed by atoms with Gasteiger partial charge >= 0.3 is 5.69 Å². The SMILES string of the molecule is CCCc1nn(-c2ccc(C)nn2)c(Cl)c1[N+](=O)[O-]. The van der Waals surface area contributed by atoms with Crippen LogP contribution in [-0.4, -0.2) is 24.9 Å². The fraction of sp³-hybridized carbons (Fsp3) is 0.364. The second kappa shape index (κ2) is 5.31. The number of hydrogen-bond donors (Lipinski definition) is 0. The second-order valence-electron chi connectivity index (χ2n) is 4.04. The summed E-state index contributed by atoms with van der Waals surface area (Å²) in [5.41, 5.74) is 0.945. The van der Waals surface area contributed by atoms with Crippen LogP contribution in [0.25, 0.3) is 5.82 Å². The first kappa shape index (κ1) is 13.4. The zero-order chi connectivity index (χ0) is 14.0. The molecule has 0 atom stereocenters. The molecule has 0 N–H and O–H groups in total. The molecule has 0 radical (unpaired) electrons. The average molecular weight is 282 g/mol. The zero-order valence-corrected chi connectivity index (χ0v) is 11.3. The third-order valence-corrected chi connectivity index (χ3v) is 2.88. The lowest BCUT2D eigenvalue weighted by molar-refractivity contribution is -0.385. The van der Waals surface area contributed by atoms with Crippen LogP contribution in [0.5, 0.6) is 0 Å². The van der Waals surface area contributed by atoms with Gasteiger partial charge in [-0.05, 0) is 25.5 Å². The van der Waals surface area contributed by atoms with E-state index in [0.717, 1.165) is 12.1 Å². The summed E-state index contributed by atoms with van der Waals surface area (Å²) in [7, 11) is 0. The predicted molar refractivity (Wildman–Crippen MR) is 69.6 cm³/mol. The van der Waals surface area contributed by atoms with Crippen LogP contribution in [0.2, 0.25) is 5.15 Å². The standard InChI is InChI=1S/C11H12ClN5O2/c1-3-4-8-10(17(18)19)11(12)16(15-8)9-6-5-7(2)13-14-9/h5-6H,3-4H2,1-2H3. The van der Waals surface area contributed by atoms with E-state index >= 15 is 0 Å². The van der Waals surface area contributed by atoms with Crippen LogP contribution in [-0.2, 0) is 6.42 Å². The van der Waals surface area contributed by atoms with Gasteiger partial charge in [0, 0.05) is 0 Å². The number of aryl methyl sites for hydroxylation is 2. The molecule has 19 heavy (non-hydrogen) atoms. The van der Waals surface area contributed by atoms with Gasteiger partial charge in [0.15, 0.2) is 5.82 Å². The van der Waals surface area contributed by atoms with Crippen LogP contribution >= 0.6 is 11.6 Å². The van der Waals surface area contributed by atoms with E-state index in [1.807, 2.05) is 6.92 Å². The van der Waals surface area contributed by atoms with E-state index in [1.165, 1.54) is 4.68 Å². The van der Waals surface area contributed by atoms with Gasteiger partial charge < -0.3 is 0 Å². The van der Waals surface area contributed by atoms with Crippen LogP contribution < -0.4 is 0 Å². The molecule has 2 aromatic rings. The Kier molecular flexibility index (Phi) is 3.75. The Balaban J connectivity index is 2.55. The van der Waals surface area contributed by atoms with Gasteiger partial charge in [-0.25, -0.2) is 0 Å². The molecule has 100 valence electrons. The van der Waals surface area contributed by atoms with Gasteiger partial charge in [0.1, 0.15) is 5.69 Å². The molecule has 0 amide bonds. The highest BCUT2D eigenvalue weighted by molar-refractivity contribution is 6.32. The third kappa shape index (κ3) is 2.55. The van der Waals surface area contributed by atoms with Gasteiger partial charge in [-0.1, -0.05) is 24.9 Å². The first-order chi connectivity index (χ1) is 9.04. The molecule has 2 aromatic heterocycles.